The van der Waals surface area contributed by atoms with Gasteiger partial charge >= 0.3 is 0 Å². The number of nitrogens with zero attached hydrogens (tertiary/aromatic N) is 1. The molecular weight excluding hydrogens is 238 g/mol. The zero-order valence-corrected chi connectivity index (χ0v) is 11.5. The number of aromatic nitrogens is 1. The van der Waals surface area contributed by atoms with E-state index < -0.39 is 0 Å². The highest BCUT2D eigenvalue weighted by Gasteiger charge is 2.22. The summed E-state index contributed by atoms with van der Waals surface area (Å²) in [4.78, 5) is 4.53. The van der Waals surface area contributed by atoms with Gasteiger partial charge in [0, 0.05) is 16.8 Å². The molecule has 3 nitrogen and oxygen atoms in total. The first-order chi connectivity index (χ1) is 7.45. The summed E-state index contributed by atoms with van der Waals surface area (Å²) in [5.74, 6) is 0. The lowest BCUT2D eigenvalue weighted by atomic mass is 9.93. The number of anilines is 1. The summed E-state index contributed by atoms with van der Waals surface area (Å²) >= 11 is 6.80. The van der Waals surface area contributed by atoms with Crippen molar-refractivity contribution in [3.8, 4) is 0 Å². The van der Waals surface area contributed by atoms with E-state index in [0.29, 0.717) is 11.2 Å². The number of nitrogens with one attached hydrogen (secondary N) is 2. The van der Waals surface area contributed by atoms with Crippen LogP contribution in [-0.2, 0) is 5.41 Å². The van der Waals surface area contributed by atoms with Gasteiger partial charge in [-0.15, -0.1) is 11.3 Å². The minimum absolute atomic E-state index is 0.0992. The Morgan fingerprint density at radius 2 is 2.19 bits per heavy atom. The van der Waals surface area contributed by atoms with Crippen molar-refractivity contribution in [3.05, 3.63) is 11.1 Å². The summed E-state index contributed by atoms with van der Waals surface area (Å²) in [5.41, 5.74) is 1.20. The lowest BCUT2D eigenvalue weighted by Crippen LogP contribution is -2.30. The van der Waals surface area contributed by atoms with Crippen LogP contribution in [0.25, 0.3) is 0 Å². The van der Waals surface area contributed by atoms with Crippen LogP contribution in [0.3, 0.4) is 0 Å². The van der Waals surface area contributed by atoms with Gasteiger partial charge in [0.05, 0.1) is 5.69 Å². The van der Waals surface area contributed by atoms with Crippen molar-refractivity contribution in [1.82, 2.24) is 10.3 Å². The fourth-order valence-corrected chi connectivity index (χ4v) is 2.49. The quantitative estimate of drug-likeness (QED) is 0.797. The molecule has 1 aromatic rings. The van der Waals surface area contributed by atoms with Gasteiger partial charge in [0.25, 0.3) is 0 Å². The molecular formula is C11H17N3S2. The first-order valence-electron chi connectivity index (χ1n) is 5.49. The highest BCUT2D eigenvalue weighted by Crippen LogP contribution is 2.26. The van der Waals surface area contributed by atoms with E-state index in [2.05, 4.69) is 41.8 Å². The summed E-state index contributed by atoms with van der Waals surface area (Å²) in [5, 5.41) is 10.0. The maximum atomic E-state index is 5.20. The van der Waals surface area contributed by atoms with E-state index in [1.165, 1.54) is 12.8 Å². The highest BCUT2D eigenvalue weighted by molar-refractivity contribution is 7.80. The molecule has 1 aliphatic carbocycles. The van der Waals surface area contributed by atoms with Gasteiger partial charge in [0.15, 0.2) is 10.2 Å². The normalized spacial score (nSPS) is 15.9. The molecule has 1 saturated carbocycles. The fraction of sp³-hybridized carbons (Fsp3) is 0.636. The summed E-state index contributed by atoms with van der Waals surface area (Å²) in [6, 6.07) is 0.585. The molecule has 0 bridgehead atoms. The van der Waals surface area contributed by atoms with Gasteiger partial charge in [-0.1, -0.05) is 20.8 Å². The highest BCUT2D eigenvalue weighted by atomic mass is 32.1. The van der Waals surface area contributed by atoms with Crippen LogP contribution < -0.4 is 10.6 Å². The molecule has 88 valence electrons. The van der Waals surface area contributed by atoms with E-state index in [1.54, 1.807) is 11.3 Å². The molecule has 5 heteroatoms. The number of hydrogen-bond acceptors (Lipinski definition) is 3. The zero-order chi connectivity index (χ0) is 11.8. The second-order valence-electron chi connectivity index (χ2n) is 5.16. The molecule has 1 aromatic heterocycles. The van der Waals surface area contributed by atoms with Crippen molar-refractivity contribution in [2.24, 2.45) is 0 Å². The lowest BCUT2D eigenvalue weighted by Gasteiger charge is -2.14. The largest absolute Gasteiger partial charge is 0.360 e. The molecule has 16 heavy (non-hydrogen) atoms. The van der Waals surface area contributed by atoms with Crippen molar-refractivity contribution in [3.63, 3.8) is 0 Å². The van der Waals surface area contributed by atoms with Crippen LogP contribution in [0, 0.1) is 0 Å². The maximum absolute atomic E-state index is 5.20. The van der Waals surface area contributed by atoms with Crippen LogP contribution in [0.1, 0.15) is 39.3 Å². The number of thiazole rings is 1. The van der Waals surface area contributed by atoms with Gasteiger partial charge < -0.3 is 10.6 Å². The molecule has 1 aliphatic rings. The second-order valence-corrected chi connectivity index (χ2v) is 6.43. The SMILES string of the molecule is CC(C)(C)c1csc(NC(=S)NC2CC2)n1. The average molecular weight is 255 g/mol. The van der Waals surface area contributed by atoms with Crippen LogP contribution in [0.15, 0.2) is 5.38 Å². The van der Waals surface area contributed by atoms with Gasteiger partial charge in [0.2, 0.25) is 0 Å². The zero-order valence-electron chi connectivity index (χ0n) is 9.83. The number of hydrogen-bond donors (Lipinski definition) is 2. The number of thiocarbonyl (C=S) groups is 1. The third kappa shape index (κ3) is 3.15. The smallest absolute Gasteiger partial charge is 0.189 e. The molecule has 1 heterocycles. The van der Waals surface area contributed by atoms with Gasteiger partial charge in [-0.3, -0.25) is 0 Å². The van der Waals surface area contributed by atoms with Crippen molar-refractivity contribution >= 4 is 33.8 Å². The van der Waals surface area contributed by atoms with E-state index in [1.807, 2.05) is 0 Å². The van der Waals surface area contributed by atoms with E-state index >= 15 is 0 Å². The van der Waals surface area contributed by atoms with Crippen molar-refractivity contribution in [2.45, 2.75) is 45.1 Å². The van der Waals surface area contributed by atoms with Crippen LogP contribution >= 0.6 is 23.6 Å². The predicted molar refractivity (Wildman–Crippen MR) is 73.2 cm³/mol. The van der Waals surface area contributed by atoms with Crippen molar-refractivity contribution in [1.29, 1.82) is 0 Å². The molecule has 0 aliphatic heterocycles. The van der Waals surface area contributed by atoms with Crippen molar-refractivity contribution < 1.29 is 0 Å². The topological polar surface area (TPSA) is 37.0 Å². The van der Waals surface area contributed by atoms with Crippen LogP contribution in [-0.4, -0.2) is 16.1 Å². The Morgan fingerprint density at radius 1 is 1.50 bits per heavy atom. The first kappa shape index (κ1) is 11.8. The third-order valence-electron chi connectivity index (χ3n) is 2.41. The van der Waals surface area contributed by atoms with Gasteiger partial charge in [-0.2, -0.15) is 0 Å². The third-order valence-corrected chi connectivity index (χ3v) is 3.38. The second kappa shape index (κ2) is 4.30. The monoisotopic (exact) mass is 255 g/mol. The first-order valence-corrected chi connectivity index (χ1v) is 6.77. The molecule has 0 spiro atoms. The minimum atomic E-state index is 0.0992. The Kier molecular flexibility index (Phi) is 3.17. The van der Waals surface area contributed by atoms with Gasteiger partial charge in [0.1, 0.15) is 0 Å². The molecule has 1 fully saturated rings. The molecule has 2 rings (SSSR count). The Morgan fingerprint density at radius 3 is 2.69 bits per heavy atom. The number of rotatable bonds is 2. The Labute approximate surface area is 106 Å². The molecule has 0 aromatic carbocycles. The van der Waals surface area contributed by atoms with Gasteiger partial charge in [-0.25, -0.2) is 4.98 Å². The van der Waals surface area contributed by atoms with E-state index in [9.17, 15) is 0 Å². The molecule has 0 amide bonds. The van der Waals surface area contributed by atoms with Gasteiger partial charge in [-0.05, 0) is 25.1 Å². The van der Waals surface area contributed by atoms with Crippen molar-refractivity contribution in [2.75, 3.05) is 5.32 Å². The molecule has 0 radical (unpaired) electrons. The predicted octanol–water partition coefficient (Wildman–Crippen LogP) is 2.89. The van der Waals surface area contributed by atoms with E-state index in [-0.39, 0.29) is 5.41 Å². The Bertz CT molecular complexity index is 388. The van der Waals surface area contributed by atoms with E-state index in [0.717, 1.165) is 10.8 Å². The van der Waals surface area contributed by atoms with Crippen LogP contribution in [0.5, 0.6) is 0 Å². The van der Waals surface area contributed by atoms with Crippen LogP contribution in [0.4, 0.5) is 5.13 Å². The standard InChI is InChI=1S/C11H17N3S2/c1-11(2,3)8-6-16-10(13-8)14-9(15)12-7-4-5-7/h6-7H,4-5H2,1-3H3,(H2,12,13,14,15). The fourth-order valence-electron chi connectivity index (χ4n) is 1.22. The van der Waals surface area contributed by atoms with Crippen LogP contribution in [0.2, 0.25) is 0 Å². The molecule has 0 unspecified atom stereocenters. The summed E-state index contributed by atoms with van der Waals surface area (Å²) < 4.78 is 0. The summed E-state index contributed by atoms with van der Waals surface area (Å²) in [6.45, 7) is 6.48. The minimum Gasteiger partial charge on any atom is -0.360 e. The van der Waals surface area contributed by atoms with E-state index in [4.69, 9.17) is 12.2 Å². The Hall–Kier alpha value is -0.680. The maximum Gasteiger partial charge on any atom is 0.189 e. The Balaban J connectivity index is 1.93. The summed E-state index contributed by atoms with van der Waals surface area (Å²) in [7, 11) is 0. The molecule has 0 saturated heterocycles. The molecule has 0 atom stereocenters. The average Bonchev–Trinajstić information content (AvgIpc) is 2.80. The lowest BCUT2D eigenvalue weighted by molar-refractivity contribution is 0.573. The summed E-state index contributed by atoms with van der Waals surface area (Å²) in [6.07, 6.45) is 2.46. The molecule has 2 N–H and O–H groups in total.